The van der Waals surface area contributed by atoms with Crippen LogP contribution in [0.15, 0.2) is 41.1 Å². The summed E-state index contributed by atoms with van der Waals surface area (Å²) in [6.07, 6.45) is 0. The van der Waals surface area contributed by atoms with E-state index in [1.165, 1.54) is 11.3 Å². The molecule has 0 spiro atoms. The van der Waals surface area contributed by atoms with Crippen molar-refractivity contribution in [3.63, 3.8) is 0 Å². The Morgan fingerprint density at radius 3 is 2.91 bits per heavy atom. The Kier molecular flexibility index (Phi) is 6.15. The first-order valence-electron chi connectivity index (χ1n) is 7.48. The minimum absolute atomic E-state index is 0.133. The first-order valence-corrected chi connectivity index (χ1v) is 8.42. The molecule has 2 rings (SSSR count). The lowest BCUT2D eigenvalue weighted by atomic mass is 9.99. The minimum Gasteiger partial charge on any atom is -0.384 e. The summed E-state index contributed by atoms with van der Waals surface area (Å²) in [6, 6.07) is 8.99. The zero-order chi connectivity index (χ0) is 16.7. The third-order valence-electron chi connectivity index (χ3n) is 3.39. The minimum atomic E-state index is -1.09. The molecule has 2 aromatic rings. The van der Waals surface area contributed by atoms with Crippen LogP contribution >= 0.6 is 11.3 Å². The highest BCUT2D eigenvalue weighted by atomic mass is 32.1. The lowest BCUT2D eigenvalue weighted by Gasteiger charge is -2.23. The van der Waals surface area contributed by atoms with E-state index in [1.54, 1.807) is 6.92 Å². The van der Waals surface area contributed by atoms with Crippen LogP contribution in [0.25, 0.3) is 0 Å². The zero-order valence-electron chi connectivity index (χ0n) is 13.3. The Balaban J connectivity index is 1.87. The summed E-state index contributed by atoms with van der Waals surface area (Å²) in [5.41, 5.74) is 1.39. The SMILES string of the molecule is CCOCc1cccc(NC(=O)NCC(C)(O)c2ccsc2)c1. The third kappa shape index (κ3) is 5.35. The Morgan fingerprint density at radius 1 is 1.39 bits per heavy atom. The quantitative estimate of drug-likeness (QED) is 0.727. The van der Waals surface area contributed by atoms with Gasteiger partial charge in [-0.1, -0.05) is 12.1 Å². The standard InChI is InChI=1S/C17H22N2O3S/c1-3-22-10-13-5-4-6-15(9-13)19-16(20)18-12-17(2,21)14-7-8-23-11-14/h4-9,11,21H,3,10,12H2,1-2H3,(H2,18,19,20). The summed E-state index contributed by atoms with van der Waals surface area (Å²) in [7, 11) is 0. The fourth-order valence-corrected chi connectivity index (χ4v) is 2.84. The predicted molar refractivity (Wildman–Crippen MR) is 92.7 cm³/mol. The van der Waals surface area contributed by atoms with Gasteiger partial charge in [-0.25, -0.2) is 4.79 Å². The van der Waals surface area contributed by atoms with Crippen molar-refractivity contribution in [3.8, 4) is 0 Å². The number of hydrogen-bond donors (Lipinski definition) is 3. The molecule has 1 heterocycles. The first-order chi connectivity index (χ1) is 11.0. The summed E-state index contributed by atoms with van der Waals surface area (Å²) in [4.78, 5) is 12.0. The van der Waals surface area contributed by atoms with E-state index in [0.29, 0.717) is 18.9 Å². The molecule has 1 aromatic heterocycles. The number of carbonyl (C=O) groups is 1. The number of thiophene rings is 1. The average molecular weight is 334 g/mol. The van der Waals surface area contributed by atoms with Crippen LogP contribution in [0.2, 0.25) is 0 Å². The number of urea groups is 1. The van der Waals surface area contributed by atoms with Crippen molar-refractivity contribution in [1.29, 1.82) is 0 Å². The maximum absolute atomic E-state index is 12.0. The molecule has 23 heavy (non-hydrogen) atoms. The van der Waals surface area contributed by atoms with Crippen LogP contribution < -0.4 is 10.6 Å². The largest absolute Gasteiger partial charge is 0.384 e. The van der Waals surface area contributed by atoms with Crippen molar-refractivity contribution in [2.75, 3.05) is 18.5 Å². The second kappa shape index (κ2) is 8.10. The van der Waals surface area contributed by atoms with Crippen LogP contribution in [0.5, 0.6) is 0 Å². The summed E-state index contributed by atoms with van der Waals surface area (Å²) in [5, 5.41) is 19.6. The van der Waals surface area contributed by atoms with Crippen molar-refractivity contribution in [2.45, 2.75) is 26.1 Å². The second-order valence-corrected chi connectivity index (χ2v) is 6.21. The molecule has 6 heteroatoms. The number of nitrogens with one attached hydrogen (secondary N) is 2. The highest BCUT2D eigenvalue weighted by Crippen LogP contribution is 2.22. The molecule has 3 N–H and O–H groups in total. The van der Waals surface area contributed by atoms with Crippen molar-refractivity contribution >= 4 is 23.1 Å². The van der Waals surface area contributed by atoms with Gasteiger partial charge in [-0.2, -0.15) is 11.3 Å². The lowest BCUT2D eigenvalue weighted by molar-refractivity contribution is 0.0604. The molecule has 1 atom stereocenters. The van der Waals surface area contributed by atoms with Gasteiger partial charge in [0.1, 0.15) is 5.60 Å². The maximum atomic E-state index is 12.0. The van der Waals surface area contributed by atoms with E-state index in [9.17, 15) is 9.90 Å². The van der Waals surface area contributed by atoms with Gasteiger partial charge in [-0.3, -0.25) is 0 Å². The molecule has 0 radical (unpaired) electrons. The highest BCUT2D eigenvalue weighted by Gasteiger charge is 2.24. The summed E-state index contributed by atoms with van der Waals surface area (Å²) in [5.74, 6) is 0. The van der Waals surface area contributed by atoms with Crippen LogP contribution in [0.1, 0.15) is 25.0 Å². The molecule has 1 aromatic carbocycles. The number of carbonyl (C=O) groups excluding carboxylic acids is 1. The second-order valence-electron chi connectivity index (χ2n) is 5.43. The van der Waals surface area contributed by atoms with Gasteiger partial charge in [0.2, 0.25) is 0 Å². The third-order valence-corrected chi connectivity index (χ3v) is 4.08. The molecule has 0 fully saturated rings. The molecular weight excluding hydrogens is 312 g/mol. The van der Waals surface area contributed by atoms with Crippen LogP contribution in [0.3, 0.4) is 0 Å². The van der Waals surface area contributed by atoms with Crippen molar-refractivity contribution in [3.05, 3.63) is 52.2 Å². The van der Waals surface area contributed by atoms with Crippen molar-refractivity contribution in [1.82, 2.24) is 5.32 Å². The Bertz CT molecular complexity index is 627. The van der Waals surface area contributed by atoms with Crippen LogP contribution in [0, 0.1) is 0 Å². The van der Waals surface area contributed by atoms with Crippen LogP contribution in [0.4, 0.5) is 10.5 Å². The van der Waals surface area contributed by atoms with E-state index in [4.69, 9.17) is 4.74 Å². The van der Waals surface area contributed by atoms with Gasteiger partial charge < -0.3 is 20.5 Å². The van der Waals surface area contributed by atoms with Crippen LogP contribution in [-0.4, -0.2) is 24.3 Å². The number of benzene rings is 1. The topological polar surface area (TPSA) is 70.6 Å². The summed E-state index contributed by atoms with van der Waals surface area (Å²) >= 11 is 1.51. The molecule has 0 aliphatic carbocycles. The van der Waals surface area contributed by atoms with Gasteiger partial charge in [0.05, 0.1) is 13.2 Å². The van der Waals surface area contributed by atoms with Crippen LogP contribution in [-0.2, 0) is 16.9 Å². The normalized spacial score (nSPS) is 13.3. The van der Waals surface area contributed by atoms with Gasteiger partial charge in [0.25, 0.3) is 0 Å². The number of hydrogen-bond acceptors (Lipinski definition) is 4. The number of ether oxygens (including phenoxy) is 1. The molecule has 2 amide bonds. The predicted octanol–water partition coefficient (Wildman–Crippen LogP) is 3.31. The number of aliphatic hydroxyl groups is 1. The van der Waals surface area contributed by atoms with E-state index >= 15 is 0 Å². The number of anilines is 1. The van der Waals surface area contributed by atoms with E-state index in [1.807, 2.05) is 48.0 Å². The number of rotatable bonds is 7. The van der Waals surface area contributed by atoms with Gasteiger partial charge in [-0.15, -0.1) is 0 Å². The molecule has 124 valence electrons. The van der Waals surface area contributed by atoms with Gasteiger partial charge in [0, 0.05) is 12.3 Å². The van der Waals surface area contributed by atoms with Gasteiger partial charge in [-0.05, 0) is 53.9 Å². The number of amides is 2. The Hall–Kier alpha value is -1.89. The fourth-order valence-electron chi connectivity index (χ4n) is 2.06. The lowest BCUT2D eigenvalue weighted by Crippen LogP contribution is -2.40. The first kappa shape index (κ1) is 17.5. The molecule has 0 bridgehead atoms. The average Bonchev–Trinajstić information content (AvgIpc) is 3.07. The van der Waals surface area contributed by atoms with E-state index < -0.39 is 5.60 Å². The molecule has 0 saturated carbocycles. The van der Waals surface area contributed by atoms with E-state index in [-0.39, 0.29) is 12.6 Å². The monoisotopic (exact) mass is 334 g/mol. The van der Waals surface area contributed by atoms with Crippen molar-refractivity contribution in [2.24, 2.45) is 0 Å². The fraction of sp³-hybridized carbons (Fsp3) is 0.353. The van der Waals surface area contributed by atoms with Gasteiger partial charge >= 0.3 is 6.03 Å². The Labute approximate surface area is 140 Å². The Morgan fingerprint density at radius 2 is 2.22 bits per heavy atom. The molecular formula is C17H22N2O3S. The summed E-state index contributed by atoms with van der Waals surface area (Å²) in [6.45, 7) is 4.91. The molecule has 0 aliphatic rings. The molecule has 1 unspecified atom stereocenters. The van der Waals surface area contributed by atoms with E-state index in [2.05, 4.69) is 10.6 Å². The van der Waals surface area contributed by atoms with Crippen molar-refractivity contribution < 1.29 is 14.6 Å². The highest BCUT2D eigenvalue weighted by molar-refractivity contribution is 7.08. The zero-order valence-corrected chi connectivity index (χ0v) is 14.2. The molecule has 0 aliphatic heterocycles. The smallest absolute Gasteiger partial charge is 0.319 e. The van der Waals surface area contributed by atoms with Gasteiger partial charge in [0.15, 0.2) is 0 Å². The molecule has 0 saturated heterocycles. The molecule has 5 nitrogen and oxygen atoms in total. The van der Waals surface area contributed by atoms with E-state index in [0.717, 1.165) is 11.1 Å². The maximum Gasteiger partial charge on any atom is 0.319 e. The summed E-state index contributed by atoms with van der Waals surface area (Å²) < 4.78 is 5.35.